The Balaban J connectivity index is 2.09. The normalized spacial score (nSPS) is 30.1. The summed E-state index contributed by atoms with van der Waals surface area (Å²) in [5.41, 5.74) is 0.436. The first-order valence-corrected chi connectivity index (χ1v) is 6.59. The van der Waals surface area contributed by atoms with Gasteiger partial charge in [0.15, 0.2) is 6.29 Å². The molecule has 1 aromatic rings. The van der Waals surface area contributed by atoms with E-state index in [1.807, 2.05) is 0 Å². The van der Waals surface area contributed by atoms with Gasteiger partial charge < -0.3 is 30.1 Å². The fourth-order valence-electron chi connectivity index (χ4n) is 2.29. The van der Waals surface area contributed by atoms with Crippen LogP contribution in [0.5, 0.6) is 0 Å². The number of aliphatic hydroxyl groups excluding tert-OH is 3. The first-order valence-electron chi connectivity index (χ1n) is 6.59. The number of ether oxygens (including phenoxy) is 2. The van der Waals surface area contributed by atoms with Crippen molar-refractivity contribution in [1.29, 1.82) is 0 Å². The van der Waals surface area contributed by atoms with Gasteiger partial charge in [-0.25, -0.2) is 0 Å². The summed E-state index contributed by atoms with van der Waals surface area (Å²) in [6.45, 7) is -0.558. The Morgan fingerprint density at radius 1 is 1.43 bits per heavy atom. The Morgan fingerprint density at radius 3 is 2.67 bits per heavy atom. The van der Waals surface area contributed by atoms with E-state index in [1.165, 1.54) is 7.11 Å². The summed E-state index contributed by atoms with van der Waals surface area (Å²) in [5.74, 6) is -0.385. The monoisotopic (exact) mass is 297 g/mol. The number of amides is 1. The largest absolute Gasteiger partial charge is 0.394 e. The average molecular weight is 297 g/mol. The number of hydrogen-bond donors (Lipinski definition) is 4. The third-order valence-electron chi connectivity index (χ3n) is 3.42. The first-order chi connectivity index (χ1) is 10.1. The van der Waals surface area contributed by atoms with E-state index >= 15 is 0 Å². The van der Waals surface area contributed by atoms with Gasteiger partial charge in [-0.05, 0) is 12.1 Å². The summed E-state index contributed by atoms with van der Waals surface area (Å²) in [7, 11) is 1.37. The van der Waals surface area contributed by atoms with E-state index < -0.39 is 37.3 Å². The minimum Gasteiger partial charge on any atom is -0.394 e. The van der Waals surface area contributed by atoms with E-state index in [0.29, 0.717) is 5.56 Å². The molecule has 2 rings (SSSR count). The Labute approximate surface area is 122 Å². The van der Waals surface area contributed by atoms with Crippen molar-refractivity contribution in [2.45, 2.75) is 30.6 Å². The van der Waals surface area contributed by atoms with Gasteiger partial charge in [0.05, 0.1) is 6.61 Å². The van der Waals surface area contributed by atoms with Crippen LogP contribution in [0, 0.1) is 0 Å². The van der Waals surface area contributed by atoms with E-state index in [9.17, 15) is 15.0 Å². The zero-order chi connectivity index (χ0) is 15.4. The molecule has 0 bridgehead atoms. The third kappa shape index (κ3) is 3.39. The zero-order valence-electron chi connectivity index (χ0n) is 11.5. The van der Waals surface area contributed by atoms with Crippen molar-refractivity contribution in [3.05, 3.63) is 35.9 Å². The van der Waals surface area contributed by atoms with Crippen LogP contribution in [0.2, 0.25) is 0 Å². The summed E-state index contributed by atoms with van der Waals surface area (Å²) >= 11 is 0. The maximum Gasteiger partial charge on any atom is 0.251 e. The van der Waals surface area contributed by atoms with Crippen LogP contribution >= 0.6 is 0 Å². The zero-order valence-corrected chi connectivity index (χ0v) is 11.5. The van der Waals surface area contributed by atoms with E-state index in [4.69, 9.17) is 14.6 Å². The first kappa shape index (κ1) is 15.9. The van der Waals surface area contributed by atoms with E-state index in [2.05, 4.69) is 5.32 Å². The number of hydrogen-bond acceptors (Lipinski definition) is 6. The molecule has 5 atom stereocenters. The van der Waals surface area contributed by atoms with Gasteiger partial charge in [0.25, 0.3) is 5.91 Å². The summed E-state index contributed by atoms with van der Waals surface area (Å²) < 4.78 is 10.4. The van der Waals surface area contributed by atoms with E-state index in [0.717, 1.165) is 0 Å². The van der Waals surface area contributed by atoms with Crippen LogP contribution in [-0.2, 0) is 9.47 Å². The molecule has 1 aliphatic heterocycles. The van der Waals surface area contributed by atoms with Crippen LogP contribution in [0.25, 0.3) is 0 Å². The van der Waals surface area contributed by atoms with Gasteiger partial charge in [-0.2, -0.15) is 0 Å². The van der Waals surface area contributed by atoms with Crippen LogP contribution < -0.4 is 5.32 Å². The number of aliphatic hydroxyl groups is 3. The smallest absolute Gasteiger partial charge is 0.251 e. The molecule has 116 valence electrons. The van der Waals surface area contributed by atoms with Crippen LogP contribution in [0.3, 0.4) is 0 Å². The molecular formula is C14H19NO6. The molecule has 1 amide bonds. The molecular weight excluding hydrogens is 278 g/mol. The van der Waals surface area contributed by atoms with Crippen LogP contribution in [0.1, 0.15) is 10.4 Å². The Kier molecular flexibility index (Phi) is 5.27. The number of nitrogens with one attached hydrogen (secondary N) is 1. The highest BCUT2D eigenvalue weighted by atomic mass is 16.7. The Bertz CT molecular complexity index is 468. The number of benzene rings is 1. The number of carbonyl (C=O) groups is 1. The maximum atomic E-state index is 12.1. The van der Waals surface area contributed by atoms with Gasteiger partial charge >= 0.3 is 0 Å². The van der Waals surface area contributed by atoms with E-state index in [-0.39, 0.29) is 5.91 Å². The highest BCUT2D eigenvalue weighted by molar-refractivity contribution is 5.94. The molecule has 0 spiro atoms. The Morgan fingerprint density at radius 2 is 2.10 bits per heavy atom. The van der Waals surface area contributed by atoms with Crippen molar-refractivity contribution < 1.29 is 29.6 Å². The SMILES string of the molecule is CO[C@@H]1O[C@H]([C@H](O)CO)[C@@H](O)[C@H]1NC(=O)c1ccccc1. The van der Waals surface area contributed by atoms with Crippen molar-refractivity contribution in [2.75, 3.05) is 13.7 Å². The predicted molar refractivity (Wildman–Crippen MR) is 72.5 cm³/mol. The lowest BCUT2D eigenvalue weighted by Crippen LogP contribution is -2.49. The second-order valence-corrected chi connectivity index (χ2v) is 4.81. The van der Waals surface area contributed by atoms with E-state index in [1.54, 1.807) is 30.3 Å². The molecule has 1 aliphatic rings. The number of carbonyl (C=O) groups excluding carboxylic acids is 1. The van der Waals surface area contributed by atoms with Gasteiger partial charge in [0.2, 0.25) is 0 Å². The van der Waals surface area contributed by atoms with Crippen molar-refractivity contribution in [3.63, 3.8) is 0 Å². The summed E-state index contributed by atoms with van der Waals surface area (Å²) in [5, 5.41) is 31.3. The number of rotatable bonds is 5. The molecule has 21 heavy (non-hydrogen) atoms. The average Bonchev–Trinajstić information content (AvgIpc) is 2.84. The molecule has 1 fully saturated rings. The summed E-state index contributed by atoms with van der Waals surface area (Å²) in [6.07, 6.45) is -4.37. The summed E-state index contributed by atoms with van der Waals surface area (Å²) in [6, 6.07) is 7.67. The molecule has 1 heterocycles. The van der Waals surface area contributed by atoms with Crippen LogP contribution in [-0.4, -0.2) is 65.6 Å². The minimum absolute atomic E-state index is 0.385. The van der Waals surface area contributed by atoms with Gasteiger partial charge in [-0.3, -0.25) is 4.79 Å². The molecule has 1 saturated heterocycles. The van der Waals surface area contributed by atoms with Gasteiger partial charge in [0, 0.05) is 12.7 Å². The fourth-order valence-corrected chi connectivity index (χ4v) is 2.29. The second kappa shape index (κ2) is 6.97. The molecule has 0 unspecified atom stereocenters. The Hall–Kier alpha value is -1.51. The quantitative estimate of drug-likeness (QED) is 0.548. The molecule has 7 nitrogen and oxygen atoms in total. The third-order valence-corrected chi connectivity index (χ3v) is 3.42. The number of methoxy groups -OCH3 is 1. The maximum absolute atomic E-state index is 12.1. The van der Waals surface area contributed by atoms with Crippen molar-refractivity contribution in [2.24, 2.45) is 0 Å². The molecule has 0 radical (unpaired) electrons. The standard InChI is InChI=1S/C14H19NO6/c1-20-14-10(11(18)12(21-14)9(17)7-16)15-13(19)8-5-3-2-4-6-8/h2-6,9-12,14,16-18H,7H2,1H3,(H,15,19)/t9-,10-,11+,12-,14-/m1/s1. The van der Waals surface area contributed by atoms with Gasteiger partial charge in [-0.1, -0.05) is 18.2 Å². The minimum atomic E-state index is -1.25. The lowest BCUT2D eigenvalue weighted by Gasteiger charge is -2.21. The highest BCUT2D eigenvalue weighted by Gasteiger charge is 2.47. The van der Waals surface area contributed by atoms with Crippen LogP contribution in [0.4, 0.5) is 0 Å². The lowest BCUT2D eigenvalue weighted by atomic mass is 10.0. The van der Waals surface area contributed by atoms with Gasteiger partial charge in [-0.15, -0.1) is 0 Å². The van der Waals surface area contributed by atoms with Crippen molar-refractivity contribution >= 4 is 5.91 Å². The van der Waals surface area contributed by atoms with Crippen molar-refractivity contribution in [3.8, 4) is 0 Å². The van der Waals surface area contributed by atoms with Crippen LogP contribution in [0.15, 0.2) is 30.3 Å². The second-order valence-electron chi connectivity index (χ2n) is 4.81. The summed E-state index contributed by atoms with van der Waals surface area (Å²) in [4.78, 5) is 12.1. The molecule has 0 aliphatic carbocycles. The molecule has 4 N–H and O–H groups in total. The highest BCUT2D eigenvalue weighted by Crippen LogP contribution is 2.24. The molecule has 1 aromatic carbocycles. The molecule has 0 aromatic heterocycles. The molecule has 0 saturated carbocycles. The fraction of sp³-hybridized carbons (Fsp3) is 0.500. The topological polar surface area (TPSA) is 108 Å². The molecule has 7 heteroatoms. The van der Waals surface area contributed by atoms with Crippen molar-refractivity contribution in [1.82, 2.24) is 5.32 Å². The van der Waals surface area contributed by atoms with Gasteiger partial charge in [0.1, 0.15) is 24.4 Å². The lowest BCUT2D eigenvalue weighted by molar-refractivity contribution is -0.153. The predicted octanol–water partition coefficient (Wildman–Crippen LogP) is -1.13.